The van der Waals surface area contributed by atoms with Crippen LogP contribution in [-0.2, 0) is 14.8 Å². The van der Waals surface area contributed by atoms with E-state index in [0.29, 0.717) is 6.42 Å². The molecule has 0 bridgehead atoms. The van der Waals surface area contributed by atoms with Crippen molar-refractivity contribution in [3.63, 3.8) is 0 Å². The lowest BCUT2D eigenvalue weighted by Crippen LogP contribution is -2.47. The van der Waals surface area contributed by atoms with Gasteiger partial charge >= 0.3 is 11.9 Å². The predicted octanol–water partition coefficient (Wildman–Crippen LogP) is 0.0480. The number of fused-ring (bicyclic) bond motifs is 1. The maximum atomic E-state index is 12.9. The number of hydrogen-bond donors (Lipinski definition) is 3. The molecule has 2 aromatic rings. The van der Waals surface area contributed by atoms with Crippen molar-refractivity contribution in [2.45, 2.75) is 30.0 Å². The van der Waals surface area contributed by atoms with E-state index in [4.69, 9.17) is 0 Å². The first-order chi connectivity index (χ1) is 13.0. The Kier molecular flexibility index (Phi) is 5.06. The molecular weight excluding hydrogens is 405 g/mol. The molecular formula is C15H15F3N4O5S. The van der Waals surface area contributed by atoms with Gasteiger partial charge in [-0.2, -0.15) is 17.5 Å². The van der Waals surface area contributed by atoms with Crippen molar-refractivity contribution in [2.75, 3.05) is 13.1 Å². The van der Waals surface area contributed by atoms with E-state index in [1.165, 1.54) is 6.07 Å². The van der Waals surface area contributed by atoms with Crippen LogP contribution in [0.5, 0.6) is 0 Å². The average Bonchev–Trinajstić information content (AvgIpc) is 3.09. The fourth-order valence-electron chi connectivity index (χ4n) is 3.04. The van der Waals surface area contributed by atoms with Crippen molar-refractivity contribution >= 4 is 26.8 Å². The number of nitrogens with one attached hydrogen (secondary N) is 3. The minimum Gasteiger partial charge on any atom is -0.346 e. The summed E-state index contributed by atoms with van der Waals surface area (Å²) >= 11 is 0. The zero-order chi connectivity index (χ0) is 20.7. The van der Waals surface area contributed by atoms with Gasteiger partial charge in [-0.15, -0.1) is 0 Å². The summed E-state index contributed by atoms with van der Waals surface area (Å²) in [6.45, 7) is -1.61. The second-order valence-corrected chi connectivity index (χ2v) is 8.11. The van der Waals surface area contributed by atoms with Gasteiger partial charge in [0.05, 0.1) is 15.8 Å². The number of amides is 1. The van der Waals surface area contributed by atoms with Crippen molar-refractivity contribution in [3.8, 4) is 0 Å². The third kappa shape index (κ3) is 3.94. The summed E-state index contributed by atoms with van der Waals surface area (Å²) in [4.78, 5) is 39.3. The predicted molar refractivity (Wildman–Crippen MR) is 91.2 cm³/mol. The van der Waals surface area contributed by atoms with Gasteiger partial charge in [0.1, 0.15) is 12.6 Å². The van der Waals surface area contributed by atoms with Crippen LogP contribution in [0.2, 0.25) is 0 Å². The molecule has 13 heteroatoms. The van der Waals surface area contributed by atoms with Crippen LogP contribution in [0.3, 0.4) is 0 Å². The van der Waals surface area contributed by atoms with Gasteiger partial charge in [-0.05, 0) is 31.0 Å². The Morgan fingerprint density at radius 3 is 2.64 bits per heavy atom. The van der Waals surface area contributed by atoms with Crippen LogP contribution >= 0.6 is 0 Å². The van der Waals surface area contributed by atoms with Crippen molar-refractivity contribution in [1.82, 2.24) is 19.6 Å². The third-order valence-electron chi connectivity index (χ3n) is 4.29. The minimum absolute atomic E-state index is 0.0492. The SMILES string of the molecule is O=C(NCC(F)(F)F)C1CCCN1S(=O)(=O)c1ccc2[nH]c(=O)[nH]c(=O)c2c1. The molecule has 1 aromatic carbocycles. The first kappa shape index (κ1) is 20.1. The van der Waals surface area contributed by atoms with Crippen LogP contribution in [0, 0.1) is 0 Å². The van der Waals surface area contributed by atoms with E-state index in [9.17, 15) is 36.0 Å². The Balaban J connectivity index is 1.93. The molecule has 1 amide bonds. The van der Waals surface area contributed by atoms with E-state index >= 15 is 0 Å². The van der Waals surface area contributed by atoms with Gasteiger partial charge in [0, 0.05) is 6.54 Å². The van der Waals surface area contributed by atoms with Crippen molar-refractivity contribution in [1.29, 1.82) is 0 Å². The van der Waals surface area contributed by atoms with Crippen LogP contribution < -0.4 is 16.6 Å². The van der Waals surface area contributed by atoms with Gasteiger partial charge in [-0.25, -0.2) is 13.2 Å². The summed E-state index contributed by atoms with van der Waals surface area (Å²) in [5.41, 5.74) is -1.43. The number of hydrogen-bond acceptors (Lipinski definition) is 5. The number of benzene rings is 1. The average molecular weight is 420 g/mol. The fourth-order valence-corrected chi connectivity index (χ4v) is 4.72. The number of H-pyrrole nitrogens is 2. The van der Waals surface area contributed by atoms with Crippen LogP contribution in [0.25, 0.3) is 10.9 Å². The normalized spacial score (nSPS) is 18.5. The highest BCUT2D eigenvalue weighted by molar-refractivity contribution is 7.89. The number of aromatic nitrogens is 2. The number of carbonyl (C=O) groups is 1. The van der Waals surface area contributed by atoms with E-state index < -0.39 is 45.9 Å². The van der Waals surface area contributed by atoms with Crippen molar-refractivity contribution in [3.05, 3.63) is 39.0 Å². The van der Waals surface area contributed by atoms with Gasteiger partial charge < -0.3 is 10.3 Å². The highest BCUT2D eigenvalue weighted by Gasteiger charge is 2.40. The largest absolute Gasteiger partial charge is 0.405 e. The number of carbonyl (C=O) groups excluding carboxylic acids is 1. The van der Waals surface area contributed by atoms with E-state index in [1.807, 2.05) is 4.98 Å². The van der Waals surface area contributed by atoms with Crippen LogP contribution in [0.1, 0.15) is 12.8 Å². The molecule has 0 radical (unpaired) electrons. The maximum Gasteiger partial charge on any atom is 0.405 e. The van der Waals surface area contributed by atoms with E-state index in [-0.39, 0.29) is 28.8 Å². The topological polar surface area (TPSA) is 132 Å². The molecule has 3 N–H and O–H groups in total. The number of rotatable bonds is 4. The fraction of sp³-hybridized carbons (Fsp3) is 0.400. The monoisotopic (exact) mass is 420 g/mol. The Morgan fingerprint density at radius 1 is 1.25 bits per heavy atom. The standard InChI is InChI=1S/C15H15F3N4O5S/c16-15(17,18)7-19-13(24)11-2-1-5-22(11)28(26,27)8-3-4-10-9(6-8)12(23)21-14(25)20-10/h3-4,6,11H,1-2,5,7H2,(H,19,24)(H2,20,21,23,25). The number of alkyl halides is 3. The second kappa shape index (κ2) is 7.05. The Labute approximate surface area is 155 Å². The van der Waals surface area contributed by atoms with Crippen molar-refractivity contribution < 1.29 is 26.4 Å². The molecule has 2 heterocycles. The molecule has 1 aliphatic heterocycles. The minimum atomic E-state index is -4.62. The molecule has 1 aromatic heterocycles. The van der Waals surface area contributed by atoms with E-state index in [2.05, 4.69) is 4.98 Å². The zero-order valence-corrected chi connectivity index (χ0v) is 15.0. The molecule has 9 nitrogen and oxygen atoms in total. The van der Waals surface area contributed by atoms with Gasteiger partial charge in [0.25, 0.3) is 5.56 Å². The first-order valence-corrected chi connectivity index (χ1v) is 9.56. The van der Waals surface area contributed by atoms with Crippen LogP contribution in [0.4, 0.5) is 13.2 Å². The lowest BCUT2D eigenvalue weighted by atomic mass is 10.2. The van der Waals surface area contributed by atoms with Crippen LogP contribution in [-0.4, -0.2) is 53.9 Å². The van der Waals surface area contributed by atoms with Gasteiger partial charge in [0.2, 0.25) is 15.9 Å². The van der Waals surface area contributed by atoms with Crippen molar-refractivity contribution in [2.24, 2.45) is 0 Å². The van der Waals surface area contributed by atoms with Gasteiger partial charge in [0.15, 0.2) is 0 Å². The summed E-state index contributed by atoms with van der Waals surface area (Å²) in [6, 6.07) is 2.14. The zero-order valence-electron chi connectivity index (χ0n) is 14.2. The smallest absolute Gasteiger partial charge is 0.346 e. The molecule has 152 valence electrons. The van der Waals surface area contributed by atoms with E-state index in [0.717, 1.165) is 16.4 Å². The van der Waals surface area contributed by atoms with Gasteiger partial charge in [-0.1, -0.05) is 0 Å². The summed E-state index contributed by atoms with van der Waals surface area (Å²) < 4.78 is 63.6. The summed E-state index contributed by atoms with van der Waals surface area (Å²) in [6.07, 6.45) is -4.25. The van der Waals surface area contributed by atoms with Crippen LogP contribution in [0.15, 0.2) is 32.7 Å². The third-order valence-corrected chi connectivity index (χ3v) is 6.19. The molecule has 0 spiro atoms. The highest BCUT2D eigenvalue weighted by Crippen LogP contribution is 2.27. The number of halogens is 3. The summed E-state index contributed by atoms with van der Waals surface area (Å²) in [5, 5.41) is 1.61. The number of nitrogens with zero attached hydrogens (tertiary/aromatic N) is 1. The molecule has 1 aliphatic rings. The van der Waals surface area contributed by atoms with E-state index in [1.54, 1.807) is 5.32 Å². The Hall–Kier alpha value is -2.67. The molecule has 28 heavy (non-hydrogen) atoms. The van der Waals surface area contributed by atoms with Gasteiger partial charge in [-0.3, -0.25) is 14.6 Å². The number of sulfonamides is 1. The number of aromatic amines is 2. The molecule has 0 saturated carbocycles. The Bertz CT molecular complexity index is 1140. The molecule has 1 unspecified atom stereocenters. The highest BCUT2D eigenvalue weighted by atomic mass is 32.2. The molecule has 0 aliphatic carbocycles. The summed E-state index contributed by atoms with van der Waals surface area (Å²) in [7, 11) is -4.26. The molecule has 3 rings (SSSR count). The molecule has 1 atom stereocenters. The second-order valence-electron chi connectivity index (χ2n) is 6.22. The molecule has 1 fully saturated rings. The molecule has 1 saturated heterocycles. The summed E-state index contributed by atoms with van der Waals surface area (Å²) in [5.74, 6) is -1.04. The first-order valence-electron chi connectivity index (χ1n) is 8.12. The maximum absolute atomic E-state index is 12.9. The lowest BCUT2D eigenvalue weighted by molar-refractivity contribution is -0.140. The lowest BCUT2D eigenvalue weighted by Gasteiger charge is -2.23. The quantitative estimate of drug-likeness (QED) is 0.643. The Morgan fingerprint density at radius 2 is 1.96 bits per heavy atom.